The summed E-state index contributed by atoms with van der Waals surface area (Å²) in [5, 5.41) is 0. The standard InChI is InChI=1S/C13H20N2O2/c1-15(2)10-8-11(16-3)9(7-12(10)17-4)13(14)5-6-13/h7-8H,5-6,14H2,1-4H3. The molecule has 1 aromatic rings. The Labute approximate surface area is 102 Å². The van der Waals surface area contributed by atoms with Crippen molar-refractivity contribution in [1.29, 1.82) is 0 Å². The van der Waals surface area contributed by atoms with Crippen LogP contribution in [0, 0.1) is 0 Å². The third-order valence-corrected chi connectivity index (χ3v) is 3.31. The smallest absolute Gasteiger partial charge is 0.142 e. The second kappa shape index (κ2) is 4.11. The normalized spacial score (nSPS) is 16.5. The third kappa shape index (κ3) is 2.05. The van der Waals surface area contributed by atoms with Crippen molar-refractivity contribution in [3.63, 3.8) is 0 Å². The summed E-state index contributed by atoms with van der Waals surface area (Å²) in [7, 11) is 7.31. The van der Waals surface area contributed by atoms with Crippen molar-refractivity contribution in [3.8, 4) is 11.5 Å². The van der Waals surface area contributed by atoms with Crippen molar-refractivity contribution in [1.82, 2.24) is 0 Å². The van der Waals surface area contributed by atoms with Crippen LogP contribution in [-0.2, 0) is 5.54 Å². The summed E-state index contributed by atoms with van der Waals surface area (Å²) in [6, 6.07) is 3.99. The third-order valence-electron chi connectivity index (χ3n) is 3.31. The van der Waals surface area contributed by atoms with Gasteiger partial charge in [-0.05, 0) is 18.9 Å². The summed E-state index contributed by atoms with van der Waals surface area (Å²) in [5.74, 6) is 1.68. The maximum atomic E-state index is 6.24. The lowest BCUT2D eigenvalue weighted by Crippen LogP contribution is -2.20. The average Bonchev–Trinajstić information content (AvgIpc) is 3.06. The van der Waals surface area contributed by atoms with Crippen LogP contribution in [0.15, 0.2) is 12.1 Å². The van der Waals surface area contributed by atoms with Crippen LogP contribution in [0.4, 0.5) is 5.69 Å². The van der Waals surface area contributed by atoms with E-state index in [9.17, 15) is 0 Å². The van der Waals surface area contributed by atoms with Crippen LogP contribution in [-0.4, -0.2) is 28.3 Å². The van der Waals surface area contributed by atoms with E-state index >= 15 is 0 Å². The largest absolute Gasteiger partial charge is 0.496 e. The van der Waals surface area contributed by atoms with Gasteiger partial charge in [0.15, 0.2) is 0 Å². The molecular weight excluding hydrogens is 216 g/mol. The number of ether oxygens (including phenoxy) is 2. The molecule has 1 aromatic carbocycles. The first-order valence-electron chi connectivity index (χ1n) is 5.74. The van der Waals surface area contributed by atoms with Gasteiger partial charge in [0.1, 0.15) is 11.5 Å². The number of anilines is 1. The lowest BCUT2D eigenvalue weighted by molar-refractivity contribution is 0.394. The molecule has 1 saturated carbocycles. The quantitative estimate of drug-likeness (QED) is 0.864. The van der Waals surface area contributed by atoms with Crippen molar-refractivity contribution < 1.29 is 9.47 Å². The molecule has 4 heteroatoms. The molecule has 1 aliphatic carbocycles. The number of rotatable bonds is 4. The molecule has 17 heavy (non-hydrogen) atoms. The van der Waals surface area contributed by atoms with Crippen molar-refractivity contribution in [2.45, 2.75) is 18.4 Å². The number of methoxy groups -OCH3 is 2. The van der Waals surface area contributed by atoms with Gasteiger partial charge in [0.05, 0.1) is 19.9 Å². The van der Waals surface area contributed by atoms with E-state index in [4.69, 9.17) is 15.2 Å². The molecule has 94 valence electrons. The summed E-state index contributed by atoms with van der Waals surface area (Å²) in [5.41, 5.74) is 8.07. The number of benzene rings is 1. The molecule has 4 nitrogen and oxygen atoms in total. The lowest BCUT2D eigenvalue weighted by Gasteiger charge is -2.22. The van der Waals surface area contributed by atoms with Crippen LogP contribution in [0.1, 0.15) is 18.4 Å². The summed E-state index contributed by atoms with van der Waals surface area (Å²) in [4.78, 5) is 2.00. The number of hydrogen-bond donors (Lipinski definition) is 1. The Balaban J connectivity index is 2.53. The van der Waals surface area contributed by atoms with Crippen LogP contribution in [0.25, 0.3) is 0 Å². The van der Waals surface area contributed by atoms with E-state index in [1.165, 1.54) is 0 Å². The molecule has 0 atom stereocenters. The topological polar surface area (TPSA) is 47.7 Å². The highest BCUT2D eigenvalue weighted by atomic mass is 16.5. The fourth-order valence-electron chi connectivity index (χ4n) is 2.02. The minimum Gasteiger partial charge on any atom is -0.496 e. The highest BCUT2D eigenvalue weighted by molar-refractivity contribution is 5.65. The molecule has 0 radical (unpaired) electrons. The van der Waals surface area contributed by atoms with Crippen molar-refractivity contribution in [3.05, 3.63) is 17.7 Å². The maximum absolute atomic E-state index is 6.24. The van der Waals surface area contributed by atoms with E-state index in [1.807, 2.05) is 31.1 Å². The Morgan fingerprint density at radius 1 is 1.12 bits per heavy atom. The summed E-state index contributed by atoms with van der Waals surface area (Å²) in [6.07, 6.45) is 2.02. The van der Waals surface area contributed by atoms with Gasteiger partial charge in [-0.25, -0.2) is 0 Å². The van der Waals surface area contributed by atoms with Crippen molar-refractivity contribution in [2.75, 3.05) is 33.2 Å². The van der Waals surface area contributed by atoms with Gasteiger partial charge < -0.3 is 20.1 Å². The fourth-order valence-corrected chi connectivity index (χ4v) is 2.02. The van der Waals surface area contributed by atoms with Crippen molar-refractivity contribution in [2.24, 2.45) is 5.73 Å². The summed E-state index contributed by atoms with van der Waals surface area (Å²) < 4.78 is 10.9. The molecule has 0 bridgehead atoms. The Morgan fingerprint density at radius 3 is 2.12 bits per heavy atom. The zero-order valence-corrected chi connectivity index (χ0v) is 10.9. The van der Waals surface area contributed by atoms with E-state index in [-0.39, 0.29) is 5.54 Å². The van der Waals surface area contributed by atoms with Crippen LogP contribution >= 0.6 is 0 Å². The molecule has 1 fully saturated rings. The van der Waals surface area contributed by atoms with E-state index in [0.29, 0.717) is 0 Å². The molecule has 0 saturated heterocycles. The average molecular weight is 236 g/mol. The number of nitrogens with zero attached hydrogens (tertiary/aromatic N) is 1. The molecule has 1 aliphatic rings. The van der Waals surface area contributed by atoms with E-state index in [1.54, 1.807) is 14.2 Å². The van der Waals surface area contributed by atoms with E-state index in [2.05, 4.69) is 0 Å². The summed E-state index contributed by atoms with van der Waals surface area (Å²) in [6.45, 7) is 0. The highest BCUT2D eigenvalue weighted by Gasteiger charge is 2.42. The number of nitrogens with two attached hydrogens (primary N) is 1. The monoisotopic (exact) mass is 236 g/mol. The molecule has 0 amide bonds. The lowest BCUT2D eigenvalue weighted by atomic mass is 10.0. The number of hydrogen-bond acceptors (Lipinski definition) is 4. The van der Waals surface area contributed by atoms with Gasteiger partial charge >= 0.3 is 0 Å². The zero-order valence-electron chi connectivity index (χ0n) is 10.9. The second-order valence-electron chi connectivity index (χ2n) is 4.77. The van der Waals surface area contributed by atoms with Gasteiger partial charge in [0.25, 0.3) is 0 Å². The predicted molar refractivity (Wildman–Crippen MR) is 69.0 cm³/mol. The Kier molecular flexibility index (Phi) is 2.91. The predicted octanol–water partition coefficient (Wildman–Crippen LogP) is 1.72. The maximum Gasteiger partial charge on any atom is 0.142 e. The van der Waals surface area contributed by atoms with Gasteiger partial charge in [-0.15, -0.1) is 0 Å². The van der Waals surface area contributed by atoms with Crippen LogP contribution in [0.3, 0.4) is 0 Å². The van der Waals surface area contributed by atoms with Crippen LogP contribution in [0.2, 0.25) is 0 Å². The fraction of sp³-hybridized carbons (Fsp3) is 0.538. The minimum atomic E-state index is -0.219. The van der Waals surface area contributed by atoms with Crippen molar-refractivity contribution >= 4 is 5.69 Å². The van der Waals surface area contributed by atoms with E-state index in [0.717, 1.165) is 35.6 Å². The molecule has 0 unspecified atom stereocenters. The van der Waals surface area contributed by atoms with Crippen LogP contribution in [0.5, 0.6) is 11.5 Å². The Bertz CT molecular complexity index is 426. The van der Waals surface area contributed by atoms with Gasteiger partial charge in [0, 0.05) is 31.3 Å². The Hall–Kier alpha value is -1.42. The molecule has 0 heterocycles. The zero-order chi connectivity index (χ0) is 12.6. The Morgan fingerprint density at radius 2 is 1.71 bits per heavy atom. The molecule has 0 spiro atoms. The minimum absolute atomic E-state index is 0.219. The first-order valence-corrected chi connectivity index (χ1v) is 5.74. The van der Waals surface area contributed by atoms with Gasteiger partial charge in [-0.1, -0.05) is 0 Å². The molecule has 2 N–H and O–H groups in total. The second-order valence-corrected chi connectivity index (χ2v) is 4.77. The first-order chi connectivity index (χ1) is 8.01. The van der Waals surface area contributed by atoms with Gasteiger partial charge in [-0.3, -0.25) is 0 Å². The van der Waals surface area contributed by atoms with Gasteiger partial charge in [0.2, 0.25) is 0 Å². The summed E-state index contributed by atoms with van der Waals surface area (Å²) >= 11 is 0. The molecular formula is C13H20N2O2. The molecule has 2 rings (SSSR count). The van der Waals surface area contributed by atoms with E-state index < -0.39 is 0 Å². The highest BCUT2D eigenvalue weighted by Crippen LogP contribution is 2.49. The van der Waals surface area contributed by atoms with Crippen LogP contribution < -0.4 is 20.1 Å². The SMILES string of the molecule is COc1cc(C2(N)CC2)c(OC)cc1N(C)C. The first kappa shape index (κ1) is 12.0. The molecule has 0 aromatic heterocycles. The molecule has 0 aliphatic heterocycles. The van der Waals surface area contributed by atoms with Gasteiger partial charge in [-0.2, -0.15) is 0 Å².